The maximum absolute atomic E-state index is 15.3. The molecule has 2 amide bonds. The number of carbonyl (C=O) groups is 3. The average Bonchev–Trinajstić information content (AvgIpc) is 3.39. The number of hydrogen-bond acceptors (Lipinski definition) is 9. The van der Waals surface area contributed by atoms with Gasteiger partial charge in [0.05, 0.1) is 35.1 Å². The van der Waals surface area contributed by atoms with Crippen LogP contribution in [0, 0.1) is 12.7 Å². The van der Waals surface area contributed by atoms with Gasteiger partial charge in [-0.25, -0.2) is 19.0 Å². The Balaban J connectivity index is 1.46. The highest BCUT2D eigenvalue weighted by molar-refractivity contribution is 5.94. The van der Waals surface area contributed by atoms with E-state index in [2.05, 4.69) is 10.6 Å². The molecule has 1 aromatic carbocycles. The van der Waals surface area contributed by atoms with Crippen molar-refractivity contribution in [3.8, 4) is 11.4 Å². The van der Waals surface area contributed by atoms with Crippen LogP contribution in [0.2, 0.25) is 0 Å². The van der Waals surface area contributed by atoms with Crippen LogP contribution in [-0.2, 0) is 44.2 Å². The van der Waals surface area contributed by atoms with Crippen LogP contribution in [0.25, 0.3) is 22.3 Å². The van der Waals surface area contributed by atoms with Crippen molar-refractivity contribution in [1.29, 1.82) is 0 Å². The second-order valence-electron chi connectivity index (χ2n) is 13.9. The van der Waals surface area contributed by atoms with Crippen molar-refractivity contribution >= 4 is 28.9 Å². The van der Waals surface area contributed by atoms with E-state index in [1.165, 1.54) is 10.6 Å². The molecule has 4 heterocycles. The normalized spacial score (nSPS) is 20.0. The lowest BCUT2D eigenvalue weighted by Crippen LogP contribution is -2.49. The molecule has 1 aliphatic carbocycles. The number of alkyl carbamates (subject to hydrolysis) is 1. The largest absolute Gasteiger partial charge is 0.458 e. The van der Waals surface area contributed by atoms with E-state index in [0.717, 1.165) is 16.5 Å². The summed E-state index contributed by atoms with van der Waals surface area (Å²) in [6.45, 7) is 8.86. The predicted octanol–water partition coefficient (Wildman–Crippen LogP) is 3.65. The molecule has 0 spiro atoms. The zero-order valence-corrected chi connectivity index (χ0v) is 27.9. The van der Waals surface area contributed by atoms with E-state index < -0.39 is 52.6 Å². The fraction of sp³-hybridized carbons (Fsp3) is 0.514. The number of carbonyl (C=O) groups excluding carboxylic acids is 3. The number of aryl methyl sites for hydroxylation is 1. The number of rotatable bonds is 8. The van der Waals surface area contributed by atoms with E-state index in [4.69, 9.17) is 20.2 Å². The van der Waals surface area contributed by atoms with Crippen LogP contribution in [-0.4, -0.2) is 50.8 Å². The van der Waals surface area contributed by atoms with Crippen molar-refractivity contribution in [1.82, 2.24) is 20.2 Å². The van der Waals surface area contributed by atoms with Crippen molar-refractivity contribution < 1.29 is 33.4 Å². The Morgan fingerprint density at radius 3 is 2.67 bits per heavy atom. The average molecular weight is 664 g/mol. The fourth-order valence-corrected chi connectivity index (χ4v) is 7.18. The summed E-state index contributed by atoms with van der Waals surface area (Å²) in [6.07, 6.45) is 1.81. The molecule has 2 aliphatic heterocycles. The smallest absolute Gasteiger partial charge is 0.408 e. The molecular formula is C35H42FN5O7. The number of esters is 1. The van der Waals surface area contributed by atoms with Gasteiger partial charge in [-0.15, -0.1) is 0 Å². The second kappa shape index (κ2) is 12.3. The molecule has 0 bridgehead atoms. The first-order valence-corrected chi connectivity index (χ1v) is 16.5. The number of aliphatic hydroxyl groups is 1. The number of amides is 2. The summed E-state index contributed by atoms with van der Waals surface area (Å²) < 4.78 is 27.4. The molecule has 3 atom stereocenters. The topological polar surface area (TPSA) is 175 Å². The number of hydrogen-bond donors (Lipinski definition) is 4. The van der Waals surface area contributed by atoms with Crippen molar-refractivity contribution in [2.45, 2.75) is 110 Å². The number of aromatic nitrogens is 2. The third-order valence-corrected chi connectivity index (χ3v) is 9.65. The Kier molecular flexibility index (Phi) is 8.57. The van der Waals surface area contributed by atoms with E-state index in [-0.39, 0.29) is 30.7 Å². The third-order valence-electron chi connectivity index (χ3n) is 9.65. The summed E-state index contributed by atoms with van der Waals surface area (Å²) in [5.74, 6) is -1.65. The first kappa shape index (κ1) is 33.5. The highest BCUT2D eigenvalue weighted by Gasteiger charge is 2.46. The van der Waals surface area contributed by atoms with Crippen LogP contribution in [0.15, 0.2) is 16.9 Å². The summed E-state index contributed by atoms with van der Waals surface area (Å²) in [5.41, 5.74) is 6.75. The highest BCUT2D eigenvalue weighted by Crippen LogP contribution is 2.46. The molecule has 0 saturated carbocycles. The van der Waals surface area contributed by atoms with Crippen molar-refractivity contribution in [3.63, 3.8) is 0 Å². The zero-order chi connectivity index (χ0) is 34.7. The molecule has 3 aromatic rings. The lowest BCUT2D eigenvalue weighted by Gasteiger charge is -2.31. The fourth-order valence-electron chi connectivity index (χ4n) is 7.18. The second-order valence-corrected chi connectivity index (χ2v) is 13.9. The van der Waals surface area contributed by atoms with Crippen LogP contribution in [0.5, 0.6) is 0 Å². The van der Waals surface area contributed by atoms with Gasteiger partial charge in [-0.1, -0.05) is 6.92 Å². The molecule has 13 heteroatoms. The van der Waals surface area contributed by atoms with Gasteiger partial charge in [0.2, 0.25) is 5.91 Å². The number of ether oxygens (including phenoxy) is 2. The van der Waals surface area contributed by atoms with Crippen LogP contribution in [0.4, 0.5) is 9.18 Å². The Bertz CT molecular complexity index is 1920. The molecule has 48 heavy (non-hydrogen) atoms. The van der Waals surface area contributed by atoms with E-state index in [9.17, 15) is 24.3 Å². The lowest BCUT2D eigenvalue weighted by atomic mass is 9.81. The lowest BCUT2D eigenvalue weighted by molar-refractivity contribution is -0.172. The van der Waals surface area contributed by atoms with Crippen LogP contribution >= 0.6 is 0 Å². The summed E-state index contributed by atoms with van der Waals surface area (Å²) in [5, 5.41) is 17.9. The van der Waals surface area contributed by atoms with Gasteiger partial charge < -0.3 is 35.5 Å². The zero-order valence-electron chi connectivity index (χ0n) is 27.9. The van der Waals surface area contributed by atoms with E-state index >= 15 is 4.39 Å². The number of nitrogens with two attached hydrogens (primary N) is 1. The number of nitrogens with zero attached hydrogens (tertiary/aromatic N) is 2. The van der Waals surface area contributed by atoms with E-state index in [1.54, 1.807) is 40.7 Å². The molecule has 6 rings (SSSR count). The van der Waals surface area contributed by atoms with Gasteiger partial charge >= 0.3 is 12.1 Å². The highest BCUT2D eigenvalue weighted by atomic mass is 19.1. The number of cyclic esters (lactones) is 1. The number of nitrogens with one attached hydrogen (secondary N) is 2. The number of unbranched alkanes of at least 4 members (excludes halogenated alkanes) is 1. The molecule has 256 valence electrons. The molecule has 3 aliphatic rings. The molecule has 2 aromatic heterocycles. The van der Waals surface area contributed by atoms with Gasteiger partial charge in [-0.3, -0.25) is 9.59 Å². The number of fused-ring (bicyclic) bond motifs is 5. The first-order valence-electron chi connectivity index (χ1n) is 16.5. The van der Waals surface area contributed by atoms with E-state index in [1.807, 2.05) is 0 Å². The Hall–Kier alpha value is -4.36. The van der Waals surface area contributed by atoms with Crippen molar-refractivity contribution in [3.05, 3.63) is 61.7 Å². The number of benzene rings is 1. The van der Waals surface area contributed by atoms with Crippen molar-refractivity contribution in [2.24, 2.45) is 5.73 Å². The monoisotopic (exact) mass is 663 g/mol. The third kappa shape index (κ3) is 5.62. The van der Waals surface area contributed by atoms with Gasteiger partial charge in [-0.2, -0.15) is 0 Å². The quantitative estimate of drug-likeness (QED) is 0.162. The van der Waals surface area contributed by atoms with Gasteiger partial charge in [0, 0.05) is 22.6 Å². The molecule has 0 radical (unpaired) electrons. The molecule has 0 fully saturated rings. The Morgan fingerprint density at radius 1 is 1.23 bits per heavy atom. The van der Waals surface area contributed by atoms with E-state index in [0.29, 0.717) is 66.7 Å². The Morgan fingerprint density at radius 2 is 1.98 bits per heavy atom. The van der Waals surface area contributed by atoms with Gasteiger partial charge in [0.1, 0.15) is 24.1 Å². The van der Waals surface area contributed by atoms with Gasteiger partial charge in [0.15, 0.2) is 5.60 Å². The number of halogens is 1. The van der Waals surface area contributed by atoms with Gasteiger partial charge in [0.25, 0.3) is 5.56 Å². The SMILES string of the molecule is CC[C@@]1(O)C(=O)OCc2c1cc1n(c2=O)Cc2c-1nc1cc(F)c(C)c3c1c2[C@@H](NC(=O)[C@H](CCCCN)NC(=O)OC(C)(C)C)CC3. The van der Waals surface area contributed by atoms with Crippen LogP contribution < -0.4 is 21.9 Å². The molecule has 0 unspecified atom stereocenters. The molecule has 5 N–H and O–H groups in total. The minimum absolute atomic E-state index is 0.00326. The minimum Gasteiger partial charge on any atom is -0.458 e. The van der Waals surface area contributed by atoms with Crippen molar-refractivity contribution in [2.75, 3.05) is 6.54 Å². The minimum atomic E-state index is -2.00. The summed E-state index contributed by atoms with van der Waals surface area (Å²) in [6, 6.07) is 1.52. The Labute approximate surface area is 277 Å². The van der Waals surface area contributed by atoms with Crippen LogP contribution in [0.1, 0.15) is 99.2 Å². The summed E-state index contributed by atoms with van der Waals surface area (Å²) in [7, 11) is 0. The number of pyridine rings is 2. The molecule has 0 saturated heterocycles. The molecule has 12 nitrogen and oxygen atoms in total. The maximum atomic E-state index is 15.3. The summed E-state index contributed by atoms with van der Waals surface area (Å²) >= 11 is 0. The predicted molar refractivity (Wildman–Crippen MR) is 174 cm³/mol. The van der Waals surface area contributed by atoms with Crippen LogP contribution in [0.3, 0.4) is 0 Å². The first-order chi connectivity index (χ1) is 22.7. The maximum Gasteiger partial charge on any atom is 0.408 e. The standard InChI is InChI=1S/C35H42FN5O7/c1-6-35(46)21-13-26-29-19(15-41(26)31(43)20(21)16-47-32(35)44)28-23(11-10-18-17(2)22(36)14-25(38-29)27(18)28)39-30(42)24(9-7-8-12-37)40-33(45)48-34(3,4)5/h13-14,23-24,46H,6-12,15-16,37H2,1-5H3,(H,39,42)(H,40,45)/t23-,24-,35-/m0/s1. The molecular weight excluding hydrogens is 621 g/mol. The summed E-state index contributed by atoms with van der Waals surface area (Å²) in [4.78, 5) is 58.1. The van der Waals surface area contributed by atoms with Gasteiger partial charge in [-0.05, 0) is 95.5 Å².